The molecule has 0 saturated carbocycles. The Hall–Kier alpha value is -0.480. The minimum atomic E-state index is -0.150. The number of amides is 1. The summed E-state index contributed by atoms with van der Waals surface area (Å²) >= 11 is 8.87. The quantitative estimate of drug-likeness (QED) is 0.862. The lowest BCUT2D eigenvalue weighted by atomic mass is 10.3. The summed E-state index contributed by atoms with van der Waals surface area (Å²) in [6.45, 7) is 2.46. The molecule has 0 radical (unpaired) electrons. The van der Waals surface area contributed by atoms with Crippen molar-refractivity contribution in [1.29, 1.82) is 0 Å². The van der Waals surface area contributed by atoms with Crippen molar-refractivity contribution in [1.82, 2.24) is 5.32 Å². The summed E-state index contributed by atoms with van der Waals surface area (Å²) in [5.41, 5.74) is 0.507. The highest BCUT2D eigenvalue weighted by atomic mass is 79.9. The highest BCUT2D eigenvalue weighted by molar-refractivity contribution is 9.10. The predicted molar refractivity (Wildman–Crippen MR) is 58.7 cm³/mol. The standard InChI is InChI=1S/C9H11BrClNO2/c1-6(11)2-4-12-9(13)7-3-5-14-8(7)10/h3,5-6H,2,4H2,1H3,(H,12,13). The van der Waals surface area contributed by atoms with Gasteiger partial charge in [-0.15, -0.1) is 11.6 Å². The van der Waals surface area contributed by atoms with Crippen molar-refractivity contribution < 1.29 is 9.21 Å². The van der Waals surface area contributed by atoms with Crippen LogP contribution in [0.4, 0.5) is 0 Å². The lowest BCUT2D eigenvalue weighted by Crippen LogP contribution is -2.25. The summed E-state index contributed by atoms with van der Waals surface area (Å²) in [5, 5.41) is 2.82. The van der Waals surface area contributed by atoms with Crippen molar-refractivity contribution in [3.8, 4) is 0 Å². The molecule has 0 bridgehead atoms. The van der Waals surface area contributed by atoms with Crippen molar-refractivity contribution in [2.24, 2.45) is 0 Å². The number of nitrogens with one attached hydrogen (secondary N) is 1. The number of hydrogen-bond acceptors (Lipinski definition) is 2. The second-order valence-corrected chi connectivity index (χ2v) is 4.40. The first-order valence-corrected chi connectivity index (χ1v) is 5.49. The van der Waals surface area contributed by atoms with E-state index >= 15 is 0 Å². The fraction of sp³-hybridized carbons (Fsp3) is 0.444. The van der Waals surface area contributed by atoms with Crippen LogP contribution in [0, 0.1) is 0 Å². The van der Waals surface area contributed by atoms with Crippen molar-refractivity contribution >= 4 is 33.4 Å². The summed E-state index contributed by atoms with van der Waals surface area (Å²) in [4.78, 5) is 11.5. The largest absolute Gasteiger partial charge is 0.457 e. The van der Waals surface area contributed by atoms with E-state index in [-0.39, 0.29) is 11.3 Å². The Bertz CT molecular complexity index is 312. The van der Waals surface area contributed by atoms with Gasteiger partial charge in [-0.2, -0.15) is 0 Å². The van der Waals surface area contributed by atoms with Crippen molar-refractivity contribution in [2.45, 2.75) is 18.7 Å². The maximum atomic E-state index is 11.5. The number of furan rings is 1. The van der Waals surface area contributed by atoms with E-state index < -0.39 is 0 Å². The molecule has 5 heteroatoms. The molecule has 0 saturated heterocycles. The molecule has 0 aliphatic carbocycles. The van der Waals surface area contributed by atoms with Gasteiger partial charge in [0.2, 0.25) is 0 Å². The van der Waals surface area contributed by atoms with E-state index in [1.54, 1.807) is 6.07 Å². The molecule has 3 nitrogen and oxygen atoms in total. The molecule has 1 aromatic rings. The maximum Gasteiger partial charge on any atom is 0.255 e. The van der Waals surface area contributed by atoms with Crippen LogP contribution in [-0.2, 0) is 0 Å². The summed E-state index contributed by atoms with van der Waals surface area (Å²) in [6.07, 6.45) is 2.21. The molecule has 14 heavy (non-hydrogen) atoms. The van der Waals surface area contributed by atoms with Gasteiger partial charge in [-0.05, 0) is 35.3 Å². The average molecular weight is 281 g/mol. The van der Waals surface area contributed by atoms with Gasteiger partial charge in [-0.1, -0.05) is 0 Å². The Morgan fingerprint density at radius 1 is 1.79 bits per heavy atom. The molecule has 0 spiro atoms. The predicted octanol–water partition coefficient (Wildman–Crippen LogP) is 2.79. The Morgan fingerprint density at radius 3 is 3.00 bits per heavy atom. The van der Waals surface area contributed by atoms with Crippen LogP contribution in [0.15, 0.2) is 21.4 Å². The van der Waals surface area contributed by atoms with Gasteiger partial charge in [-0.25, -0.2) is 0 Å². The average Bonchev–Trinajstić information content (AvgIpc) is 2.50. The lowest BCUT2D eigenvalue weighted by molar-refractivity contribution is 0.0951. The van der Waals surface area contributed by atoms with Gasteiger partial charge in [0, 0.05) is 11.9 Å². The number of hydrogen-bond donors (Lipinski definition) is 1. The first-order chi connectivity index (χ1) is 6.61. The van der Waals surface area contributed by atoms with E-state index in [0.29, 0.717) is 16.8 Å². The zero-order chi connectivity index (χ0) is 10.6. The van der Waals surface area contributed by atoms with E-state index in [4.69, 9.17) is 16.0 Å². The molecule has 1 N–H and O–H groups in total. The first kappa shape index (κ1) is 11.6. The SMILES string of the molecule is CC(Cl)CCNC(=O)c1ccoc1Br. The van der Waals surface area contributed by atoms with Crippen molar-refractivity contribution in [3.63, 3.8) is 0 Å². The van der Waals surface area contributed by atoms with Crippen LogP contribution in [0.2, 0.25) is 0 Å². The second-order valence-electron chi connectivity index (χ2n) is 2.93. The second kappa shape index (κ2) is 5.41. The molecule has 0 fully saturated rings. The fourth-order valence-corrected chi connectivity index (χ4v) is 1.46. The number of alkyl halides is 1. The van der Waals surface area contributed by atoms with Gasteiger partial charge in [0.15, 0.2) is 4.67 Å². The third kappa shape index (κ3) is 3.35. The van der Waals surface area contributed by atoms with Gasteiger partial charge >= 0.3 is 0 Å². The highest BCUT2D eigenvalue weighted by Gasteiger charge is 2.11. The van der Waals surface area contributed by atoms with Gasteiger partial charge in [0.05, 0.1) is 11.8 Å². The Kier molecular flexibility index (Phi) is 4.48. The van der Waals surface area contributed by atoms with Crippen LogP contribution < -0.4 is 5.32 Å². The third-order valence-corrected chi connectivity index (χ3v) is 2.52. The monoisotopic (exact) mass is 279 g/mol. The van der Waals surface area contributed by atoms with Crippen LogP contribution >= 0.6 is 27.5 Å². The summed E-state index contributed by atoms with van der Waals surface area (Å²) in [5.74, 6) is -0.150. The lowest BCUT2D eigenvalue weighted by Gasteiger charge is -2.04. The number of carbonyl (C=O) groups excluding carboxylic acids is 1. The Balaban J connectivity index is 2.40. The van der Waals surface area contributed by atoms with E-state index in [1.165, 1.54) is 6.26 Å². The van der Waals surface area contributed by atoms with Crippen LogP contribution in [0.5, 0.6) is 0 Å². The smallest absolute Gasteiger partial charge is 0.255 e. The molecular formula is C9H11BrClNO2. The minimum absolute atomic E-state index is 0.0723. The molecule has 1 atom stereocenters. The summed E-state index contributed by atoms with van der Waals surface area (Å²) < 4.78 is 5.40. The number of carbonyl (C=O) groups is 1. The van der Waals surface area contributed by atoms with Gasteiger partial charge < -0.3 is 9.73 Å². The van der Waals surface area contributed by atoms with E-state index in [2.05, 4.69) is 21.2 Å². The molecule has 78 valence electrons. The summed E-state index contributed by atoms with van der Waals surface area (Å²) in [7, 11) is 0. The van der Waals surface area contributed by atoms with Crippen LogP contribution in [0.3, 0.4) is 0 Å². The first-order valence-electron chi connectivity index (χ1n) is 4.26. The topological polar surface area (TPSA) is 42.2 Å². The number of halogens is 2. The highest BCUT2D eigenvalue weighted by Crippen LogP contribution is 2.16. The molecular weight excluding hydrogens is 269 g/mol. The molecule has 1 unspecified atom stereocenters. The Labute approximate surface area is 95.9 Å². The molecule has 1 aromatic heterocycles. The molecule has 0 aliphatic heterocycles. The van der Waals surface area contributed by atoms with Gasteiger partial charge in [0.1, 0.15) is 0 Å². The van der Waals surface area contributed by atoms with E-state index in [0.717, 1.165) is 6.42 Å². The van der Waals surface area contributed by atoms with Crippen LogP contribution in [0.1, 0.15) is 23.7 Å². The summed E-state index contributed by atoms with van der Waals surface area (Å²) in [6, 6.07) is 1.61. The van der Waals surface area contributed by atoms with Crippen LogP contribution in [0.25, 0.3) is 0 Å². The fourth-order valence-electron chi connectivity index (χ4n) is 0.936. The normalized spacial score (nSPS) is 12.5. The minimum Gasteiger partial charge on any atom is -0.457 e. The molecule has 1 rings (SSSR count). The van der Waals surface area contributed by atoms with Crippen molar-refractivity contribution in [3.05, 3.63) is 22.6 Å². The van der Waals surface area contributed by atoms with E-state index in [1.807, 2.05) is 6.92 Å². The maximum absolute atomic E-state index is 11.5. The van der Waals surface area contributed by atoms with Gasteiger partial charge in [0.25, 0.3) is 5.91 Å². The zero-order valence-electron chi connectivity index (χ0n) is 7.72. The van der Waals surface area contributed by atoms with E-state index in [9.17, 15) is 4.79 Å². The molecule has 0 aliphatic rings. The third-order valence-electron chi connectivity index (χ3n) is 1.69. The van der Waals surface area contributed by atoms with Crippen molar-refractivity contribution in [2.75, 3.05) is 6.54 Å². The molecule has 1 amide bonds. The molecule has 0 aromatic carbocycles. The number of rotatable bonds is 4. The van der Waals surface area contributed by atoms with Crippen LogP contribution in [-0.4, -0.2) is 17.8 Å². The molecule has 1 heterocycles. The Morgan fingerprint density at radius 2 is 2.50 bits per heavy atom. The zero-order valence-corrected chi connectivity index (χ0v) is 10.1. The van der Waals surface area contributed by atoms with Gasteiger partial charge in [-0.3, -0.25) is 4.79 Å².